The van der Waals surface area contributed by atoms with Crippen molar-refractivity contribution in [1.29, 1.82) is 0 Å². The Morgan fingerprint density at radius 2 is 1.71 bits per heavy atom. The number of anilines is 3. The summed E-state index contributed by atoms with van der Waals surface area (Å²) in [5, 5.41) is 0. The van der Waals surface area contributed by atoms with Crippen molar-refractivity contribution in [2.75, 3.05) is 81.2 Å². The minimum absolute atomic E-state index is 0.0102. The van der Waals surface area contributed by atoms with E-state index in [0.717, 1.165) is 31.9 Å². The van der Waals surface area contributed by atoms with Crippen LogP contribution in [0.2, 0.25) is 0 Å². The molecule has 1 unspecified atom stereocenters. The maximum atomic E-state index is 13.9. The third-order valence-electron chi connectivity index (χ3n) is 6.62. The molecule has 0 aromatic carbocycles. The van der Waals surface area contributed by atoms with Gasteiger partial charge in [0.1, 0.15) is 11.6 Å². The molecule has 0 spiro atoms. The summed E-state index contributed by atoms with van der Waals surface area (Å²) in [6.45, 7) is 6.87. The summed E-state index contributed by atoms with van der Waals surface area (Å²) in [4.78, 5) is 19.7. The molecule has 1 atom stereocenters. The van der Waals surface area contributed by atoms with Crippen LogP contribution in [0.25, 0.3) is 11.3 Å². The summed E-state index contributed by atoms with van der Waals surface area (Å²) < 4.78 is 53.1. The van der Waals surface area contributed by atoms with E-state index in [-0.39, 0.29) is 23.2 Å². The van der Waals surface area contributed by atoms with E-state index in [1.54, 1.807) is 6.07 Å². The first-order valence-electron chi connectivity index (χ1n) is 12.0. The Kier molecular flexibility index (Phi) is 6.94. The van der Waals surface area contributed by atoms with Crippen molar-refractivity contribution in [2.24, 2.45) is 0 Å². The lowest BCUT2D eigenvalue weighted by molar-refractivity contribution is -0.137. The molecule has 3 aliphatic heterocycles. The second-order valence-corrected chi connectivity index (χ2v) is 9.11. The summed E-state index contributed by atoms with van der Waals surface area (Å²) in [5.41, 5.74) is 4.77. The third-order valence-corrected chi connectivity index (χ3v) is 6.62. The molecule has 35 heavy (non-hydrogen) atoms. The molecule has 9 nitrogen and oxygen atoms in total. The fraction of sp³-hybridized carbons (Fsp3) is 0.609. The van der Waals surface area contributed by atoms with Gasteiger partial charge in [-0.3, -0.25) is 0 Å². The number of likely N-dealkylation sites (tertiary alicyclic amines) is 1. The Morgan fingerprint density at radius 3 is 2.46 bits per heavy atom. The zero-order chi connectivity index (χ0) is 24.4. The minimum atomic E-state index is -4.60. The monoisotopic (exact) mass is 493 g/mol. The lowest BCUT2D eigenvalue weighted by Crippen LogP contribution is -2.47. The van der Waals surface area contributed by atoms with E-state index < -0.39 is 11.7 Å². The van der Waals surface area contributed by atoms with Crippen LogP contribution in [-0.2, 0) is 15.7 Å². The predicted molar refractivity (Wildman–Crippen MR) is 125 cm³/mol. The normalized spacial score (nSPS) is 22.1. The first-order valence-corrected chi connectivity index (χ1v) is 12.0. The van der Waals surface area contributed by atoms with Crippen LogP contribution in [0.3, 0.4) is 0 Å². The Labute approximate surface area is 202 Å². The maximum absolute atomic E-state index is 13.9. The molecule has 0 aliphatic carbocycles. The summed E-state index contributed by atoms with van der Waals surface area (Å²) in [6.07, 6.45) is -1.05. The van der Waals surface area contributed by atoms with Crippen LogP contribution in [0.4, 0.5) is 30.8 Å². The molecule has 5 rings (SSSR count). The van der Waals surface area contributed by atoms with E-state index >= 15 is 0 Å². The Morgan fingerprint density at radius 1 is 0.971 bits per heavy atom. The van der Waals surface area contributed by atoms with E-state index in [0.29, 0.717) is 57.8 Å². The van der Waals surface area contributed by atoms with Crippen LogP contribution in [0.15, 0.2) is 18.3 Å². The quantitative estimate of drug-likeness (QED) is 0.673. The van der Waals surface area contributed by atoms with Crippen molar-refractivity contribution in [3.05, 3.63) is 23.9 Å². The van der Waals surface area contributed by atoms with E-state index in [2.05, 4.69) is 19.8 Å². The topological polar surface area (TPSA) is 92.9 Å². The first-order chi connectivity index (χ1) is 16.9. The zero-order valence-corrected chi connectivity index (χ0v) is 19.5. The second kappa shape index (κ2) is 10.1. The number of morpholine rings is 2. The molecule has 2 aromatic rings. The SMILES string of the molecule is Nc1cc(C(F)(F)F)c(-c2cc(N3CCOC(CN4CCCC4)C3)nc(N3CCOCC3)n2)cn1. The van der Waals surface area contributed by atoms with Gasteiger partial charge in [-0.15, -0.1) is 0 Å². The molecule has 2 N–H and O–H groups in total. The van der Waals surface area contributed by atoms with Crippen LogP contribution in [0.1, 0.15) is 18.4 Å². The molecule has 0 saturated carbocycles. The van der Waals surface area contributed by atoms with Gasteiger partial charge in [0.05, 0.1) is 37.2 Å². The molecule has 0 radical (unpaired) electrons. The van der Waals surface area contributed by atoms with E-state index in [1.165, 1.54) is 12.8 Å². The second-order valence-electron chi connectivity index (χ2n) is 9.11. The molecular formula is C23H30F3N7O2. The smallest absolute Gasteiger partial charge is 0.384 e. The molecule has 0 amide bonds. The van der Waals surface area contributed by atoms with E-state index in [4.69, 9.17) is 20.2 Å². The fourth-order valence-corrected chi connectivity index (χ4v) is 4.83. The van der Waals surface area contributed by atoms with Gasteiger partial charge in [0.15, 0.2) is 0 Å². The number of hydrogen-bond acceptors (Lipinski definition) is 9. The number of nitrogens with two attached hydrogens (primary N) is 1. The number of aromatic nitrogens is 3. The minimum Gasteiger partial charge on any atom is -0.384 e. The predicted octanol–water partition coefficient (Wildman–Crippen LogP) is 2.28. The van der Waals surface area contributed by atoms with Crippen LogP contribution in [0, 0.1) is 0 Å². The standard InChI is InChI=1S/C23H30F3N7O2/c24-23(25,26)18-11-20(27)28-13-17(18)19-12-21(30-22(29-19)32-5-8-34-9-6-32)33-7-10-35-16(15-33)14-31-3-1-2-4-31/h11-13,16H,1-10,14-15H2,(H2,27,28). The molecule has 190 valence electrons. The van der Waals surface area contributed by atoms with Gasteiger partial charge in [-0.05, 0) is 32.0 Å². The van der Waals surface area contributed by atoms with Crippen molar-refractivity contribution < 1.29 is 22.6 Å². The first kappa shape index (κ1) is 24.0. The highest BCUT2D eigenvalue weighted by molar-refractivity contribution is 5.69. The van der Waals surface area contributed by atoms with Gasteiger partial charge < -0.3 is 29.9 Å². The number of hydrogen-bond donors (Lipinski definition) is 1. The fourth-order valence-electron chi connectivity index (χ4n) is 4.83. The van der Waals surface area contributed by atoms with Crippen molar-refractivity contribution >= 4 is 17.6 Å². The van der Waals surface area contributed by atoms with Crippen LogP contribution >= 0.6 is 0 Å². The van der Waals surface area contributed by atoms with Gasteiger partial charge in [0, 0.05) is 50.6 Å². The number of pyridine rings is 1. The third kappa shape index (κ3) is 5.60. The van der Waals surface area contributed by atoms with Crippen LogP contribution in [-0.4, -0.2) is 91.6 Å². The number of ether oxygens (including phenoxy) is 2. The van der Waals surface area contributed by atoms with Crippen molar-refractivity contribution in [2.45, 2.75) is 25.1 Å². The molecule has 3 aliphatic rings. The largest absolute Gasteiger partial charge is 0.417 e. The summed E-state index contributed by atoms with van der Waals surface area (Å²) >= 11 is 0. The van der Waals surface area contributed by atoms with Gasteiger partial charge in [0.2, 0.25) is 5.95 Å². The molecule has 3 saturated heterocycles. The van der Waals surface area contributed by atoms with Crippen molar-refractivity contribution in [3.63, 3.8) is 0 Å². The van der Waals surface area contributed by atoms with Crippen molar-refractivity contribution in [1.82, 2.24) is 19.9 Å². The summed E-state index contributed by atoms with van der Waals surface area (Å²) in [6, 6.07) is 2.47. The van der Waals surface area contributed by atoms with Gasteiger partial charge in [0.25, 0.3) is 0 Å². The average molecular weight is 494 g/mol. The summed E-state index contributed by atoms with van der Waals surface area (Å²) in [7, 11) is 0. The Hall–Kier alpha value is -2.70. The van der Waals surface area contributed by atoms with Crippen molar-refractivity contribution in [3.8, 4) is 11.3 Å². The molecule has 5 heterocycles. The Balaban J connectivity index is 1.50. The van der Waals surface area contributed by atoms with Crippen LogP contribution < -0.4 is 15.5 Å². The van der Waals surface area contributed by atoms with E-state index in [9.17, 15) is 13.2 Å². The number of alkyl halides is 3. The molecule has 0 bridgehead atoms. The number of halogens is 3. The molecule has 3 fully saturated rings. The highest BCUT2D eigenvalue weighted by Crippen LogP contribution is 2.38. The molecular weight excluding hydrogens is 463 g/mol. The Bertz CT molecular complexity index is 1030. The number of rotatable bonds is 5. The average Bonchev–Trinajstić information content (AvgIpc) is 3.37. The number of nitrogens with zero attached hydrogens (tertiary/aromatic N) is 6. The molecule has 12 heteroatoms. The van der Waals surface area contributed by atoms with E-state index in [1.807, 2.05) is 4.90 Å². The lowest BCUT2D eigenvalue weighted by atomic mass is 10.1. The van der Waals surface area contributed by atoms with Gasteiger partial charge >= 0.3 is 6.18 Å². The number of nitrogen functional groups attached to an aromatic ring is 1. The lowest BCUT2D eigenvalue weighted by Gasteiger charge is -2.36. The summed E-state index contributed by atoms with van der Waals surface area (Å²) in [5.74, 6) is 0.770. The zero-order valence-electron chi connectivity index (χ0n) is 19.5. The van der Waals surface area contributed by atoms with Crippen LogP contribution in [0.5, 0.6) is 0 Å². The van der Waals surface area contributed by atoms with Gasteiger partial charge in [-0.1, -0.05) is 0 Å². The van der Waals surface area contributed by atoms with Gasteiger partial charge in [-0.2, -0.15) is 18.2 Å². The highest BCUT2D eigenvalue weighted by Gasteiger charge is 2.35. The maximum Gasteiger partial charge on any atom is 0.417 e. The van der Waals surface area contributed by atoms with Gasteiger partial charge in [-0.25, -0.2) is 9.97 Å². The highest BCUT2D eigenvalue weighted by atomic mass is 19.4. The molecule has 2 aromatic heterocycles.